The molecule has 0 bridgehead atoms. The van der Waals surface area contributed by atoms with E-state index in [4.69, 9.17) is 0 Å². The van der Waals surface area contributed by atoms with Gasteiger partial charge in [-0.2, -0.15) is 5.10 Å². The van der Waals surface area contributed by atoms with Crippen molar-refractivity contribution in [2.45, 2.75) is 32.0 Å². The van der Waals surface area contributed by atoms with Crippen LogP contribution in [0.4, 0.5) is 0 Å². The lowest BCUT2D eigenvalue weighted by Crippen LogP contribution is -2.25. The average molecular weight is 477 g/mol. The van der Waals surface area contributed by atoms with Crippen LogP contribution in [0.3, 0.4) is 0 Å². The summed E-state index contributed by atoms with van der Waals surface area (Å²) < 4.78 is 1.90. The van der Waals surface area contributed by atoms with Crippen molar-refractivity contribution >= 4 is 17.9 Å². The van der Waals surface area contributed by atoms with Gasteiger partial charge in [0.2, 0.25) is 5.91 Å². The van der Waals surface area contributed by atoms with E-state index in [0.29, 0.717) is 18.2 Å². The van der Waals surface area contributed by atoms with Crippen molar-refractivity contribution in [2.75, 3.05) is 0 Å². The Morgan fingerprint density at radius 1 is 0.944 bits per heavy atom. The molecular formula is C30H28N4O2. The molecule has 6 heteroatoms. The van der Waals surface area contributed by atoms with E-state index in [1.165, 1.54) is 11.6 Å². The van der Waals surface area contributed by atoms with Gasteiger partial charge >= 0.3 is 0 Å². The number of carbonyl (C=O) groups is 2. The molecule has 0 unspecified atom stereocenters. The molecule has 1 saturated carbocycles. The van der Waals surface area contributed by atoms with E-state index < -0.39 is 0 Å². The van der Waals surface area contributed by atoms with Gasteiger partial charge in [-0.1, -0.05) is 60.7 Å². The van der Waals surface area contributed by atoms with Gasteiger partial charge in [-0.3, -0.25) is 14.3 Å². The first-order valence-corrected chi connectivity index (χ1v) is 12.2. The molecule has 1 aliphatic carbocycles. The van der Waals surface area contributed by atoms with E-state index in [2.05, 4.69) is 46.1 Å². The summed E-state index contributed by atoms with van der Waals surface area (Å²) in [7, 11) is 0. The molecule has 0 aliphatic heterocycles. The maximum absolute atomic E-state index is 12.5. The summed E-state index contributed by atoms with van der Waals surface area (Å²) in [5.41, 5.74) is 5.91. The van der Waals surface area contributed by atoms with Gasteiger partial charge in [0.15, 0.2) is 0 Å². The second-order valence-corrected chi connectivity index (χ2v) is 8.98. The largest absolute Gasteiger partial charge is 0.349 e. The highest BCUT2D eigenvalue weighted by atomic mass is 16.2. The van der Waals surface area contributed by atoms with Crippen LogP contribution in [-0.4, -0.2) is 27.6 Å². The molecule has 5 rings (SSSR count). The zero-order valence-electron chi connectivity index (χ0n) is 19.9. The lowest BCUT2D eigenvalue weighted by atomic mass is 9.98. The summed E-state index contributed by atoms with van der Waals surface area (Å²) in [6, 6.07) is 26.0. The Morgan fingerprint density at radius 2 is 1.72 bits per heavy atom. The topological polar surface area (TPSA) is 76.0 Å². The van der Waals surface area contributed by atoms with Gasteiger partial charge in [-0.15, -0.1) is 0 Å². The lowest BCUT2D eigenvalue weighted by molar-refractivity contribution is -0.116. The molecule has 6 nitrogen and oxygen atoms in total. The van der Waals surface area contributed by atoms with E-state index in [-0.39, 0.29) is 11.8 Å². The van der Waals surface area contributed by atoms with Gasteiger partial charge in [0.25, 0.3) is 5.91 Å². The summed E-state index contributed by atoms with van der Waals surface area (Å²) >= 11 is 0. The Labute approximate surface area is 210 Å². The van der Waals surface area contributed by atoms with Crippen LogP contribution in [0.25, 0.3) is 17.2 Å². The first-order chi connectivity index (χ1) is 17.6. The monoisotopic (exact) mass is 476 g/mol. The van der Waals surface area contributed by atoms with Crippen LogP contribution in [-0.2, 0) is 17.9 Å². The van der Waals surface area contributed by atoms with Crippen molar-refractivity contribution in [2.24, 2.45) is 0 Å². The van der Waals surface area contributed by atoms with E-state index in [1.54, 1.807) is 24.4 Å². The first-order valence-electron chi connectivity index (χ1n) is 12.2. The van der Waals surface area contributed by atoms with Crippen molar-refractivity contribution in [3.63, 3.8) is 0 Å². The average Bonchev–Trinajstić information content (AvgIpc) is 3.58. The van der Waals surface area contributed by atoms with Crippen molar-refractivity contribution < 1.29 is 9.59 Å². The molecule has 180 valence electrons. The second kappa shape index (κ2) is 10.9. The predicted molar refractivity (Wildman–Crippen MR) is 141 cm³/mol. The van der Waals surface area contributed by atoms with Crippen LogP contribution < -0.4 is 10.6 Å². The highest BCUT2D eigenvalue weighted by Crippen LogP contribution is 2.24. The number of carbonyl (C=O) groups excluding carboxylic acids is 2. The number of aromatic nitrogens is 2. The number of hydrogen-bond donors (Lipinski definition) is 2. The third kappa shape index (κ3) is 6.16. The highest BCUT2D eigenvalue weighted by molar-refractivity contribution is 5.95. The number of hydrogen-bond acceptors (Lipinski definition) is 3. The molecule has 1 aliphatic rings. The third-order valence-electron chi connectivity index (χ3n) is 6.15. The van der Waals surface area contributed by atoms with Gasteiger partial charge in [0, 0.05) is 36.6 Å². The zero-order chi connectivity index (χ0) is 24.7. The fraction of sp³-hybridized carbons (Fsp3) is 0.167. The molecule has 1 fully saturated rings. The first kappa shape index (κ1) is 23.3. The zero-order valence-corrected chi connectivity index (χ0v) is 19.9. The molecule has 4 aromatic rings. The standard InChI is InChI=1S/C30H28N4O2/c35-29(17-10-22-6-13-25(14-7-22)30(36)33-27-15-16-27)31-20-26-4-1-2-5-28(26)24-11-8-23(9-12-24)21-34-19-3-18-32-34/h1-14,17-19,27H,15-16,20-21H2,(H,31,35)(H,33,36)/b17-10+. The minimum Gasteiger partial charge on any atom is -0.349 e. The summed E-state index contributed by atoms with van der Waals surface area (Å²) in [6.07, 6.45) is 9.12. The van der Waals surface area contributed by atoms with E-state index in [1.807, 2.05) is 47.3 Å². The third-order valence-corrected chi connectivity index (χ3v) is 6.15. The quantitative estimate of drug-likeness (QED) is 0.340. The molecule has 36 heavy (non-hydrogen) atoms. The molecule has 0 saturated heterocycles. The smallest absolute Gasteiger partial charge is 0.251 e. The van der Waals surface area contributed by atoms with Crippen LogP contribution in [0.5, 0.6) is 0 Å². The number of nitrogens with zero attached hydrogens (tertiary/aromatic N) is 2. The number of rotatable bonds is 9. The SMILES string of the molecule is O=C(/C=C/c1ccc(C(=O)NC2CC2)cc1)NCc1ccccc1-c1ccc(Cn2cccn2)cc1. The van der Waals surface area contributed by atoms with Gasteiger partial charge in [-0.25, -0.2) is 0 Å². The van der Waals surface area contributed by atoms with Gasteiger partial charge in [0.05, 0.1) is 6.54 Å². The molecule has 0 radical (unpaired) electrons. The fourth-order valence-electron chi connectivity index (χ4n) is 3.98. The Kier molecular flexibility index (Phi) is 7.03. The van der Waals surface area contributed by atoms with Crippen LogP contribution in [0.2, 0.25) is 0 Å². The fourth-order valence-corrected chi connectivity index (χ4v) is 3.98. The van der Waals surface area contributed by atoms with Gasteiger partial charge in [0.1, 0.15) is 0 Å². The molecule has 1 heterocycles. The van der Waals surface area contributed by atoms with Crippen molar-refractivity contribution in [3.05, 3.63) is 120 Å². The Balaban J connectivity index is 1.17. The van der Waals surface area contributed by atoms with E-state index in [9.17, 15) is 9.59 Å². The Hall–Kier alpha value is -4.45. The van der Waals surface area contributed by atoms with E-state index >= 15 is 0 Å². The molecule has 0 atom stereocenters. The van der Waals surface area contributed by atoms with Gasteiger partial charge in [-0.05, 0) is 64.9 Å². The van der Waals surface area contributed by atoms with E-state index in [0.717, 1.165) is 41.6 Å². The summed E-state index contributed by atoms with van der Waals surface area (Å²) in [6.45, 7) is 1.16. The second-order valence-electron chi connectivity index (χ2n) is 8.98. The Bertz CT molecular complexity index is 1350. The predicted octanol–water partition coefficient (Wildman–Crippen LogP) is 4.82. The molecule has 1 aromatic heterocycles. The normalized spacial score (nSPS) is 13.0. The molecule has 0 spiro atoms. The number of amides is 2. The lowest BCUT2D eigenvalue weighted by Gasteiger charge is -2.11. The maximum atomic E-state index is 12.5. The van der Waals surface area contributed by atoms with Crippen LogP contribution in [0.15, 0.2) is 97.3 Å². The minimum atomic E-state index is -0.171. The van der Waals surface area contributed by atoms with Crippen molar-refractivity contribution in [3.8, 4) is 11.1 Å². The summed E-state index contributed by atoms with van der Waals surface area (Å²) in [5, 5.41) is 10.2. The van der Waals surface area contributed by atoms with Crippen LogP contribution in [0.1, 0.15) is 39.9 Å². The van der Waals surface area contributed by atoms with Crippen LogP contribution in [0, 0.1) is 0 Å². The molecule has 2 amide bonds. The van der Waals surface area contributed by atoms with Crippen molar-refractivity contribution in [1.82, 2.24) is 20.4 Å². The van der Waals surface area contributed by atoms with Gasteiger partial charge < -0.3 is 10.6 Å². The number of benzene rings is 3. The summed E-state index contributed by atoms with van der Waals surface area (Å²) in [4.78, 5) is 24.6. The minimum absolute atomic E-state index is 0.0445. The molecule has 3 aromatic carbocycles. The Morgan fingerprint density at radius 3 is 2.44 bits per heavy atom. The highest BCUT2D eigenvalue weighted by Gasteiger charge is 2.23. The van der Waals surface area contributed by atoms with Crippen LogP contribution >= 0.6 is 0 Å². The molecular weight excluding hydrogens is 448 g/mol. The van der Waals surface area contributed by atoms with Crippen molar-refractivity contribution in [1.29, 1.82) is 0 Å². The maximum Gasteiger partial charge on any atom is 0.251 e. The number of nitrogens with one attached hydrogen (secondary N) is 2. The summed E-state index contributed by atoms with van der Waals surface area (Å²) in [5.74, 6) is -0.216. The molecule has 2 N–H and O–H groups in total.